The molecule has 2 heterocycles. The van der Waals surface area contributed by atoms with Gasteiger partial charge in [-0.25, -0.2) is 4.39 Å². The van der Waals surface area contributed by atoms with Crippen molar-refractivity contribution in [2.45, 2.75) is 12.3 Å². The molecule has 130 valence electrons. The molecule has 0 saturated heterocycles. The molecule has 2 aromatic heterocycles. The van der Waals surface area contributed by atoms with Gasteiger partial charge in [0.15, 0.2) is 0 Å². The van der Waals surface area contributed by atoms with E-state index in [9.17, 15) is 9.18 Å². The molecule has 0 spiro atoms. The standard InChI is InChI=1S/C19H19FN2OS2/c20-17-7-2-1-5-15(17)14-24-12-9-21-19(23)18-8-3-10-22(18)13-16-6-4-11-25-16/h1-8,10-11H,9,12-14H2,(H,21,23). The van der Waals surface area contributed by atoms with Gasteiger partial charge in [-0.1, -0.05) is 24.3 Å². The number of nitrogens with one attached hydrogen (secondary N) is 1. The number of carbonyl (C=O) groups is 1. The molecule has 0 aliphatic heterocycles. The Kier molecular flexibility index (Phi) is 6.30. The van der Waals surface area contributed by atoms with Crippen LogP contribution >= 0.6 is 23.1 Å². The highest BCUT2D eigenvalue weighted by atomic mass is 32.2. The lowest BCUT2D eigenvalue weighted by atomic mass is 10.2. The Morgan fingerprint density at radius 3 is 2.84 bits per heavy atom. The van der Waals surface area contributed by atoms with Gasteiger partial charge >= 0.3 is 0 Å². The number of halogens is 1. The number of thioether (sulfide) groups is 1. The molecule has 3 nitrogen and oxygen atoms in total. The Morgan fingerprint density at radius 1 is 1.16 bits per heavy atom. The fraction of sp³-hybridized carbons (Fsp3) is 0.211. The highest BCUT2D eigenvalue weighted by Crippen LogP contribution is 2.15. The van der Waals surface area contributed by atoms with Crippen molar-refractivity contribution in [2.24, 2.45) is 0 Å². The van der Waals surface area contributed by atoms with Crippen molar-refractivity contribution in [1.29, 1.82) is 0 Å². The summed E-state index contributed by atoms with van der Waals surface area (Å²) in [5.74, 6) is 1.10. The summed E-state index contributed by atoms with van der Waals surface area (Å²) in [7, 11) is 0. The molecule has 6 heteroatoms. The number of carbonyl (C=O) groups excluding carboxylic acids is 1. The summed E-state index contributed by atoms with van der Waals surface area (Å²) in [6.07, 6.45) is 1.92. The van der Waals surface area contributed by atoms with Crippen LogP contribution in [0.25, 0.3) is 0 Å². The monoisotopic (exact) mass is 374 g/mol. The van der Waals surface area contributed by atoms with Gasteiger partial charge in [0.05, 0.1) is 6.54 Å². The average Bonchev–Trinajstić information content (AvgIpc) is 3.28. The lowest BCUT2D eigenvalue weighted by molar-refractivity contribution is 0.0947. The molecule has 0 bridgehead atoms. The number of thiophene rings is 1. The van der Waals surface area contributed by atoms with E-state index in [-0.39, 0.29) is 11.7 Å². The van der Waals surface area contributed by atoms with Gasteiger partial charge in [0.25, 0.3) is 5.91 Å². The van der Waals surface area contributed by atoms with E-state index in [1.54, 1.807) is 35.2 Å². The topological polar surface area (TPSA) is 34.0 Å². The van der Waals surface area contributed by atoms with Gasteiger partial charge in [-0.15, -0.1) is 11.3 Å². The zero-order valence-electron chi connectivity index (χ0n) is 13.7. The lowest BCUT2D eigenvalue weighted by Gasteiger charge is -2.09. The van der Waals surface area contributed by atoms with Crippen molar-refractivity contribution < 1.29 is 9.18 Å². The Hall–Kier alpha value is -2.05. The summed E-state index contributed by atoms with van der Waals surface area (Å²) >= 11 is 3.29. The minimum Gasteiger partial charge on any atom is -0.350 e. The van der Waals surface area contributed by atoms with Crippen LogP contribution in [0.3, 0.4) is 0 Å². The summed E-state index contributed by atoms with van der Waals surface area (Å²) in [6, 6.07) is 14.6. The SMILES string of the molecule is O=C(NCCSCc1ccccc1F)c1cccn1Cc1cccs1. The Morgan fingerprint density at radius 2 is 2.04 bits per heavy atom. The first-order valence-electron chi connectivity index (χ1n) is 8.01. The van der Waals surface area contributed by atoms with E-state index in [4.69, 9.17) is 0 Å². The van der Waals surface area contributed by atoms with E-state index in [2.05, 4.69) is 11.4 Å². The van der Waals surface area contributed by atoms with Crippen LogP contribution < -0.4 is 5.32 Å². The van der Waals surface area contributed by atoms with Gasteiger partial charge in [-0.05, 0) is 35.2 Å². The maximum absolute atomic E-state index is 13.5. The number of benzene rings is 1. The third-order valence-corrected chi connectivity index (χ3v) is 5.58. The van der Waals surface area contributed by atoms with Gasteiger partial charge < -0.3 is 9.88 Å². The summed E-state index contributed by atoms with van der Waals surface area (Å²) in [4.78, 5) is 13.6. The molecule has 0 unspecified atom stereocenters. The first-order chi connectivity index (χ1) is 12.2. The van der Waals surface area contributed by atoms with E-state index >= 15 is 0 Å². The Balaban J connectivity index is 1.44. The molecular formula is C19H19FN2OS2. The van der Waals surface area contributed by atoms with E-state index in [0.717, 1.165) is 5.75 Å². The second-order valence-corrected chi connectivity index (χ2v) is 7.64. The van der Waals surface area contributed by atoms with E-state index < -0.39 is 0 Å². The molecule has 1 N–H and O–H groups in total. The van der Waals surface area contributed by atoms with Crippen molar-refractivity contribution in [1.82, 2.24) is 9.88 Å². The van der Waals surface area contributed by atoms with E-state index in [1.807, 2.05) is 40.4 Å². The molecule has 3 aromatic rings. The zero-order valence-corrected chi connectivity index (χ0v) is 15.3. The molecule has 0 aliphatic carbocycles. The number of amides is 1. The molecule has 0 fully saturated rings. The predicted molar refractivity (Wildman–Crippen MR) is 103 cm³/mol. The zero-order chi connectivity index (χ0) is 17.5. The van der Waals surface area contributed by atoms with Crippen molar-refractivity contribution in [3.8, 4) is 0 Å². The van der Waals surface area contributed by atoms with Gasteiger partial charge in [-0.3, -0.25) is 4.79 Å². The Bertz CT molecular complexity index is 814. The third kappa shape index (κ3) is 4.96. The smallest absolute Gasteiger partial charge is 0.267 e. The molecule has 0 radical (unpaired) electrons. The summed E-state index contributed by atoms with van der Waals surface area (Å²) < 4.78 is 15.5. The van der Waals surface area contributed by atoms with Crippen LogP contribution in [0.1, 0.15) is 20.9 Å². The minimum atomic E-state index is -0.176. The number of hydrogen-bond acceptors (Lipinski definition) is 3. The molecule has 3 rings (SSSR count). The van der Waals surface area contributed by atoms with Crippen LogP contribution in [0.5, 0.6) is 0 Å². The van der Waals surface area contributed by atoms with Crippen LogP contribution in [0.2, 0.25) is 0 Å². The molecule has 0 aliphatic rings. The van der Waals surface area contributed by atoms with Crippen LogP contribution in [0.15, 0.2) is 60.1 Å². The number of rotatable bonds is 8. The van der Waals surface area contributed by atoms with Crippen molar-refractivity contribution in [3.63, 3.8) is 0 Å². The Labute approximate surface area is 154 Å². The molecular weight excluding hydrogens is 355 g/mol. The van der Waals surface area contributed by atoms with Gasteiger partial charge in [0.2, 0.25) is 0 Å². The molecule has 1 aromatic carbocycles. The van der Waals surface area contributed by atoms with Crippen LogP contribution in [0.4, 0.5) is 4.39 Å². The highest BCUT2D eigenvalue weighted by molar-refractivity contribution is 7.98. The fourth-order valence-electron chi connectivity index (χ4n) is 2.45. The van der Waals surface area contributed by atoms with Gasteiger partial charge in [0, 0.05) is 29.1 Å². The van der Waals surface area contributed by atoms with E-state index in [0.29, 0.717) is 30.1 Å². The lowest BCUT2D eigenvalue weighted by Crippen LogP contribution is -2.28. The summed E-state index contributed by atoms with van der Waals surface area (Å²) in [6.45, 7) is 1.26. The second-order valence-electron chi connectivity index (χ2n) is 5.50. The van der Waals surface area contributed by atoms with Crippen LogP contribution in [0, 0.1) is 5.82 Å². The number of hydrogen-bond donors (Lipinski definition) is 1. The quantitative estimate of drug-likeness (QED) is 0.593. The molecule has 1 amide bonds. The van der Waals surface area contributed by atoms with Crippen LogP contribution in [-0.2, 0) is 12.3 Å². The summed E-state index contributed by atoms with van der Waals surface area (Å²) in [5.41, 5.74) is 1.36. The molecule has 25 heavy (non-hydrogen) atoms. The van der Waals surface area contributed by atoms with Gasteiger partial charge in [-0.2, -0.15) is 11.8 Å². The van der Waals surface area contributed by atoms with Crippen molar-refractivity contribution in [2.75, 3.05) is 12.3 Å². The molecule has 0 saturated carbocycles. The number of nitrogens with zero attached hydrogens (tertiary/aromatic N) is 1. The predicted octanol–water partition coefficient (Wildman–Crippen LogP) is 4.40. The third-order valence-electron chi connectivity index (χ3n) is 3.72. The van der Waals surface area contributed by atoms with Crippen molar-refractivity contribution in [3.05, 3.63) is 82.1 Å². The summed E-state index contributed by atoms with van der Waals surface area (Å²) in [5, 5.41) is 4.97. The van der Waals surface area contributed by atoms with Crippen LogP contribution in [-0.4, -0.2) is 22.8 Å². The first-order valence-corrected chi connectivity index (χ1v) is 10.0. The number of aromatic nitrogens is 1. The average molecular weight is 375 g/mol. The first kappa shape index (κ1) is 17.8. The second kappa shape index (κ2) is 8.87. The van der Waals surface area contributed by atoms with E-state index in [1.165, 1.54) is 10.9 Å². The maximum atomic E-state index is 13.5. The normalized spacial score (nSPS) is 10.8. The highest BCUT2D eigenvalue weighted by Gasteiger charge is 2.11. The van der Waals surface area contributed by atoms with Gasteiger partial charge in [0.1, 0.15) is 11.5 Å². The minimum absolute atomic E-state index is 0.0759. The largest absolute Gasteiger partial charge is 0.350 e. The molecule has 0 atom stereocenters. The van der Waals surface area contributed by atoms with Crippen molar-refractivity contribution >= 4 is 29.0 Å². The maximum Gasteiger partial charge on any atom is 0.267 e. The fourth-order valence-corrected chi connectivity index (χ4v) is 4.00.